The summed E-state index contributed by atoms with van der Waals surface area (Å²) in [5.74, 6) is 0.555. The molecule has 0 fully saturated rings. The summed E-state index contributed by atoms with van der Waals surface area (Å²) >= 11 is 0. The largest absolute Gasteiger partial charge is 0.488 e. The molecule has 0 aromatic heterocycles. The van der Waals surface area contributed by atoms with Crippen LogP contribution in [0.15, 0.2) is 42.5 Å². The van der Waals surface area contributed by atoms with Gasteiger partial charge in [0, 0.05) is 22.9 Å². The summed E-state index contributed by atoms with van der Waals surface area (Å²) in [5.41, 5.74) is 8.48. The number of carbonyl (C=O) groups is 1. The van der Waals surface area contributed by atoms with Crippen molar-refractivity contribution in [3.8, 4) is 5.75 Å². The Balaban J connectivity index is 0.00000120. The van der Waals surface area contributed by atoms with Crippen molar-refractivity contribution in [3.05, 3.63) is 59.2 Å². The number of fused-ring (bicyclic) bond motifs is 2. The second-order valence-electron chi connectivity index (χ2n) is 4.03. The van der Waals surface area contributed by atoms with Crippen LogP contribution < -0.4 is 10.5 Å². The van der Waals surface area contributed by atoms with E-state index in [1.54, 1.807) is 18.2 Å². The van der Waals surface area contributed by atoms with Crippen molar-refractivity contribution in [3.63, 3.8) is 0 Å². The van der Waals surface area contributed by atoms with Crippen molar-refractivity contribution < 1.29 is 9.53 Å². The molecule has 1 aliphatic heterocycles. The highest BCUT2D eigenvalue weighted by Gasteiger charge is 2.21. The van der Waals surface area contributed by atoms with Crippen molar-refractivity contribution in [2.75, 3.05) is 5.73 Å². The number of nitrogen functional groups attached to an aromatic ring is 1. The van der Waals surface area contributed by atoms with Crippen LogP contribution >= 0.6 is 12.4 Å². The standard InChI is InChI=1S/C14H11NO2.ClH/c15-10-5-6-12-13(7-10)17-8-9-3-1-2-4-11(9)14(12)16;/h1-7H,8,15H2;1H. The summed E-state index contributed by atoms with van der Waals surface area (Å²) in [6, 6.07) is 12.6. The lowest BCUT2D eigenvalue weighted by atomic mass is 9.99. The first-order chi connectivity index (χ1) is 8.25. The summed E-state index contributed by atoms with van der Waals surface area (Å²) in [7, 11) is 0. The lowest BCUT2D eigenvalue weighted by molar-refractivity contribution is 0.103. The molecule has 0 unspecified atom stereocenters. The van der Waals surface area contributed by atoms with Crippen LogP contribution in [-0.2, 0) is 6.61 Å². The SMILES string of the molecule is Cl.Nc1ccc2c(c1)OCc1ccccc1C2=O. The molecule has 3 nitrogen and oxygen atoms in total. The van der Waals surface area contributed by atoms with Gasteiger partial charge in [-0.15, -0.1) is 12.4 Å². The predicted molar refractivity (Wildman–Crippen MR) is 72.3 cm³/mol. The highest BCUT2D eigenvalue weighted by molar-refractivity contribution is 6.12. The van der Waals surface area contributed by atoms with Crippen LogP contribution in [0.3, 0.4) is 0 Å². The van der Waals surface area contributed by atoms with E-state index in [4.69, 9.17) is 10.5 Å². The molecular weight excluding hydrogens is 250 g/mol. The van der Waals surface area contributed by atoms with E-state index < -0.39 is 0 Å². The number of benzene rings is 2. The number of rotatable bonds is 0. The molecule has 0 radical (unpaired) electrons. The highest BCUT2D eigenvalue weighted by Crippen LogP contribution is 2.29. The fraction of sp³-hybridized carbons (Fsp3) is 0.0714. The van der Waals surface area contributed by atoms with Crippen LogP contribution in [0.1, 0.15) is 21.5 Å². The summed E-state index contributed by atoms with van der Waals surface area (Å²) in [4.78, 5) is 12.3. The van der Waals surface area contributed by atoms with Gasteiger partial charge < -0.3 is 10.5 Å². The van der Waals surface area contributed by atoms with Crippen LogP contribution in [-0.4, -0.2) is 5.78 Å². The fourth-order valence-electron chi connectivity index (χ4n) is 2.01. The van der Waals surface area contributed by atoms with E-state index >= 15 is 0 Å². The summed E-state index contributed by atoms with van der Waals surface area (Å²) < 4.78 is 5.63. The van der Waals surface area contributed by atoms with Crippen LogP contribution in [0, 0.1) is 0 Å². The van der Waals surface area contributed by atoms with Crippen molar-refractivity contribution in [1.82, 2.24) is 0 Å². The molecule has 0 saturated carbocycles. The third-order valence-corrected chi connectivity index (χ3v) is 2.90. The molecule has 2 aromatic rings. The molecule has 2 N–H and O–H groups in total. The molecule has 2 aromatic carbocycles. The average molecular weight is 262 g/mol. The number of halogens is 1. The van der Waals surface area contributed by atoms with Gasteiger partial charge in [0.15, 0.2) is 5.78 Å². The van der Waals surface area contributed by atoms with Gasteiger partial charge in [-0.1, -0.05) is 24.3 Å². The number of nitrogens with two attached hydrogens (primary N) is 1. The summed E-state index contributed by atoms with van der Waals surface area (Å²) in [5, 5.41) is 0. The first-order valence-electron chi connectivity index (χ1n) is 5.40. The number of hydrogen-bond donors (Lipinski definition) is 1. The Morgan fingerprint density at radius 2 is 1.83 bits per heavy atom. The van der Waals surface area contributed by atoms with Crippen molar-refractivity contribution >= 4 is 23.9 Å². The van der Waals surface area contributed by atoms with Gasteiger partial charge in [-0.3, -0.25) is 4.79 Å². The van der Waals surface area contributed by atoms with E-state index in [0.717, 1.165) is 5.56 Å². The smallest absolute Gasteiger partial charge is 0.197 e. The molecule has 0 amide bonds. The Labute approximate surface area is 111 Å². The number of anilines is 1. The van der Waals surface area contributed by atoms with E-state index in [1.165, 1.54) is 0 Å². The average Bonchev–Trinajstić information content (AvgIpc) is 2.48. The van der Waals surface area contributed by atoms with Gasteiger partial charge in [0.2, 0.25) is 0 Å². The summed E-state index contributed by atoms with van der Waals surface area (Å²) in [6.07, 6.45) is 0. The van der Waals surface area contributed by atoms with Crippen LogP contribution in [0.4, 0.5) is 5.69 Å². The Hall–Kier alpha value is -2.00. The zero-order chi connectivity index (χ0) is 11.8. The number of hydrogen-bond acceptors (Lipinski definition) is 3. The molecule has 4 heteroatoms. The molecule has 1 heterocycles. The zero-order valence-corrected chi connectivity index (χ0v) is 10.4. The van der Waals surface area contributed by atoms with Gasteiger partial charge >= 0.3 is 0 Å². The van der Waals surface area contributed by atoms with Gasteiger partial charge in [0.25, 0.3) is 0 Å². The molecule has 1 aliphatic rings. The Morgan fingerprint density at radius 1 is 1.06 bits per heavy atom. The quantitative estimate of drug-likeness (QED) is 0.742. The molecule has 18 heavy (non-hydrogen) atoms. The number of carbonyl (C=O) groups excluding carboxylic acids is 1. The maximum absolute atomic E-state index is 12.3. The highest BCUT2D eigenvalue weighted by atomic mass is 35.5. The maximum Gasteiger partial charge on any atom is 0.197 e. The minimum absolute atomic E-state index is 0. The lowest BCUT2D eigenvalue weighted by Gasteiger charge is -2.06. The zero-order valence-electron chi connectivity index (χ0n) is 9.55. The van der Waals surface area contributed by atoms with Gasteiger partial charge in [0.1, 0.15) is 12.4 Å². The Kier molecular flexibility index (Phi) is 3.26. The molecular formula is C14H12ClNO2. The van der Waals surface area contributed by atoms with Crippen molar-refractivity contribution in [1.29, 1.82) is 0 Å². The molecule has 3 rings (SSSR count). The van der Waals surface area contributed by atoms with Gasteiger partial charge in [-0.2, -0.15) is 0 Å². The fourth-order valence-corrected chi connectivity index (χ4v) is 2.01. The van der Waals surface area contributed by atoms with E-state index in [2.05, 4.69) is 0 Å². The molecule has 0 aliphatic carbocycles. The Bertz CT molecular complexity index is 610. The monoisotopic (exact) mass is 261 g/mol. The van der Waals surface area contributed by atoms with Crippen LogP contribution in [0.25, 0.3) is 0 Å². The minimum Gasteiger partial charge on any atom is -0.488 e. The maximum atomic E-state index is 12.3. The lowest BCUT2D eigenvalue weighted by Crippen LogP contribution is -2.02. The molecule has 0 atom stereocenters. The van der Waals surface area contributed by atoms with Crippen LogP contribution in [0.2, 0.25) is 0 Å². The van der Waals surface area contributed by atoms with E-state index in [1.807, 2.05) is 24.3 Å². The topological polar surface area (TPSA) is 52.3 Å². The predicted octanol–water partition coefficient (Wildman–Crippen LogP) is 2.81. The molecule has 0 bridgehead atoms. The second kappa shape index (κ2) is 4.70. The van der Waals surface area contributed by atoms with E-state index in [0.29, 0.717) is 29.2 Å². The number of ketones is 1. The van der Waals surface area contributed by atoms with Gasteiger partial charge in [0.05, 0.1) is 5.56 Å². The normalized spacial score (nSPS) is 12.6. The van der Waals surface area contributed by atoms with E-state index in [9.17, 15) is 4.79 Å². The van der Waals surface area contributed by atoms with Gasteiger partial charge in [-0.05, 0) is 12.1 Å². The minimum atomic E-state index is -0.00639. The Morgan fingerprint density at radius 3 is 2.67 bits per heavy atom. The first-order valence-corrected chi connectivity index (χ1v) is 5.40. The second-order valence-corrected chi connectivity index (χ2v) is 4.03. The summed E-state index contributed by atoms with van der Waals surface area (Å²) in [6.45, 7) is 0.401. The van der Waals surface area contributed by atoms with E-state index in [-0.39, 0.29) is 18.2 Å². The van der Waals surface area contributed by atoms with Gasteiger partial charge in [-0.25, -0.2) is 0 Å². The van der Waals surface area contributed by atoms with Crippen molar-refractivity contribution in [2.45, 2.75) is 6.61 Å². The first kappa shape index (κ1) is 12.5. The van der Waals surface area contributed by atoms with Crippen molar-refractivity contribution in [2.24, 2.45) is 0 Å². The third kappa shape index (κ3) is 1.93. The molecule has 0 spiro atoms. The van der Waals surface area contributed by atoms with Crippen LogP contribution in [0.5, 0.6) is 5.75 Å². The molecule has 92 valence electrons. The third-order valence-electron chi connectivity index (χ3n) is 2.90. The number of ether oxygens (including phenoxy) is 1. The molecule has 0 saturated heterocycles.